The van der Waals surface area contributed by atoms with E-state index in [0.717, 1.165) is 0 Å². The third-order valence-corrected chi connectivity index (χ3v) is 0.537. The van der Waals surface area contributed by atoms with Crippen LogP contribution in [0.1, 0.15) is 0 Å². The van der Waals surface area contributed by atoms with E-state index in [2.05, 4.69) is 5.84 Å². The van der Waals surface area contributed by atoms with Gasteiger partial charge in [-0.25, -0.2) is 0 Å². The van der Waals surface area contributed by atoms with Gasteiger partial charge in [-0.15, -0.1) is 0 Å². The Kier molecular flexibility index (Phi) is 1.97. The molecule has 0 heterocycles. The van der Waals surface area contributed by atoms with Crippen molar-refractivity contribution in [1.82, 2.24) is 5.43 Å². The summed E-state index contributed by atoms with van der Waals surface area (Å²) in [5.41, 5.74) is 0.323. The molecule has 0 radical (unpaired) electrons. The molecule has 0 saturated carbocycles. The quantitative estimate of drug-likeness (QED) is 0.248. The standard InChI is InChI=1S/C2H3F5N2/c3-1(4,5)2(6,7)9-8/h9H,8H2. The minimum absolute atomic E-state index is 0.323. The third-order valence-electron chi connectivity index (χ3n) is 0.537. The topological polar surface area (TPSA) is 38.0 Å². The summed E-state index contributed by atoms with van der Waals surface area (Å²) in [6.07, 6.45) is -5.62. The Labute approximate surface area is 46.8 Å². The van der Waals surface area contributed by atoms with Crippen LogP contribution >= 0.6 is 0 Å². The lowest BCUT2D eigenvalue weighted by molar-refractivity contribution is -0.295. The highest BCUT2D eigenvalue weighted by molar-refractivity contribution is 4.68. The number of nitrogens with one attached hydrogen (secondary N) is 1. The molecule has 7 heteroatoms. The van der Waals surface area contributed by atoms with Crippen molar-refractivity contribution in [2.75, 3.05) is 0 Å². The number of hydrogen-bond acceptors (Lipinski definition) is 2. The third kappa shape index (κ3) is 1.75. The molecule has 0 atom stereocenters. The summed E-state index contributed by atoms with van der Waals surface area (Å²) in [4.78, 5) is 0. The monoisotopic (exact) mass is 150 g/mol. The molecule has 0 aromatic rings. The zero-order valence-corrected chi connectivity index (χ0v) is 3.97. The first kappa shape index (κ1) is 8.57. The van der Waals surface area contributed by atoms with Crippen molar-refractivity contribution < 1.29 is 22.0 Å². The summed E-state index contributed by atoms with van der Waals surface area (Å²) in [5, 5.41) is 0. The van der Waals surface area contributed by atoms with E-state index in [9.17, 15) is 22.0 Å². The maximum absolute atomic E-state index is 11.3. The maximum Gasteiger partial charge on any atom is 0.470 e. The number of hydrogen-bond donors (Lipinski definition) is 2. The van der Waals surface area contributed by atoms with E-state index in [0.29, 0.717) is 5.43 Å². The Morgan fingerprint density at radius 2 is 1.33 bits per heavy atom. The molecule has 2 nitrogen and oxygen atoms in total. The predicted octanol–water partition coefficient (Wildman–Crippen LogP) is 0.605. The van der Waals surface area contributed by atoms with Crippen molar-refractivity contribution in [1.29, 1.82) is 0 Å². The molecule has 0 bridgehead atoms. The summed E-state index contributed by atoms with van der Waals surface area (Å²) >= 11 is 0. The number of halogens is 5. The summed E-state index contributed by atoms with van der Waals surface area (Å²) in [6.45, 7) is 0. The smallest absolute Gasteiger partial charge is 0.266 e. The molecule has 0 aliphatic heterocycles. The number of hydrazine groups is 1. The first-order valence-electron chi connectivity index (χ1n) is 1.73. The van der Waals surface area contributed by atoms with Gasteiger partial charge in [0.2, 0.25) is 0 Å². The zero-order valence-electron chi connectivity index (χ0n) is 3.97. The van der Waals surface area contributed by atoms with Crippen molar-refractivity contribution >= 4 is 0 Å². The van der Waals surface area contributed by atoms with E-state index in [-0.39, 0.29) is 0 Å². The van der Waals surface area contributed by atoms with E-state index < -0.39 is 12.2 Å². The average Bonchev–Trinajstić information content (AvgIpc) is 1.64. The molecule has 3 N–H and O–H groups in total. The van der Waals surface area contributed by atoms with E-state index in [1.807, 2.05) is 0 Å². The Hall–Kier alpha value is -0.430. The maximum atomic E-state index is 11.3. The van der Waals surface area contributed by atoms with Crippen LogP contribution in [0.2, 0.25) is 0 Å². The summed E-state index contributed by atoms with van der Waals surface area (Å²) in [6, 6.07) is -4.99. The van der Waals surface area contributed by atoms with Gasteiger partial charge >= 0.3 is 12.2 Å². The average molecular weight is 150 g/mol. The SMILES string of the molecule is NNC(F)(F)C(F)(F)F. The second-order valence-corrected chi connectivity index (χ2v) is 1.22. The van der Waals surface area contributed by atoms with Crippen molar-refractivity contribution in [2.45, 2.75) is 12.2 Å². The van der Waals surface area contributed by atoms with Gasteiger partial charge in [-0.1, -0.05) is 0 Å². The molecule has 0 saturated heterocycles. The Balaban J connectivity index is 4.14. The van der Waals surface area contributed by atoms with Crippen LogP contribution in [-0.2, 0) is 0 Å². The van der Waals surface area contributed by atoms with Crippen LogP contribution in [0.5, 0.6) is 0 Å². The van der Waals surface area contributed by atoms with Crippen LogP contribution in [0, 0.1) is 0 Å². The first-order valence-corrected chi connectivity index (χ1v) is 1.73. The fraction of sp³-hybridized carbons (Fsp3) is 1.00. The fourth-order valence-electron chi connectivity index (χ4n) is 0.0818. The van der Waals surface area contributed by atoms with Crippen molar-refractivity contribution in [3.63, 3.8) is 0 Å². The van der Waals surface area contributed by atoms with Crippen molar-refractivity contribution in [3.05, 3.63) is 0 Å². The lowest BCUT2D eigenvalue weighted by Gasteiger charge is -2.16. The van der Waals surface area contributed by atoms with E-state index >= 15 is 0 Å². The molecule has 9 heavy (non-hydrogen) atoms. The number of alkyl halides is 5. The van der Waals surface area contributed by atoms with Gasteiger partial charge < -0.3 is 0 Å². The van der Waals surface area contributed by atoms with Crippen LogP contribution < -0.4 is 11.3 Å². The first-order chi connectivity index (χ1) is 3.81. The zero-order chi connectivity index (χ0) is 7.71. The molecule has 0 fully saturated rings. The van der Waals surface area contributed by atoms with Gasteiger partial charge in [0.25, 0.3) is 0 Å². The van der Waals surface area contributed by atoms with Gasteiger partial charge in [-0.2, -0.15) is 27.4 Å². The van der Waals surface area contributed by atoms with Crippen LogP contribution in [0.3, 0.4) is 0 Å². The molecule has 0 aromatic carbocycles. The van der Waals surface area contributed by atoms with Crippen molar-refractivity contribution in [2.24, 2.45) is 5.84 Å². The highest BCUT2D eigenvalue weighted by Crippen LogP contribution is 2.31. The molecule has 0 unspecified atom stereocenters. The highest BCUT2D eigenvalue weighted by Gasteiger charge is 2.57. The largest absolute Gasteiger partial charge is 0.470 e. The van der Waals surface area contributed by atoms with Gasteiger partial charge in [0.15, 0.2) is 0 Å². The number of rotatable bonds is 1. The molecule has 56 valence electrons. The normalized spacial score (nSPS) is 14.0. The summed E-state index contributed by atoms with van der Waals surface area (Å²) in [5.74, 6) is 3.87. The highest BCUT2D eigenvalue weighted by atomic mass is 19.4. The van der Waals surface area contributed by atoms with Crippen LogP contribution in [0.15, 0.2) is 0 Å². The molecule has 0 aliphatic rings. The summed E-state index contributed by atoms with van der Waals surface area (Å²) < 4.78 is 55.4. The second kappa shape index (κ2) is 2.07. The van der Waals surface area contributed by atoms with Crippen LogP contribution in [0.25, 0.3) is 0 Å². The van der Waals surface area contributed by atoms with Gasteiger partial charge in [-0.05, 0) is 0 Å². The molecule has 0 aromatic heterocycles. The minimum Gasteiger partial charge on any atom is -0.266 e. The fourth-order valence-corrected chi connectivity index (χ4v) is 0.0818. The molecular weight excluding hydrogens is 147 g/mol. The van der Waals surface area contributed by atoms with Gasteiger partial charge in [-0.3, -0.25) is 5.84 Å². The molecular formula is C2H3F5N2. The van der Waals surface area contributed by atoms with Crippen LogP contribution in [-0.4, -0.2) is 12.2 Å². The molecule has 0 aliphatic carbocycles. The van der Waals surface area contributed by atoms with Gasteiger partial charge in [0.05, 0.1) is 0 Å². The lowest BCUT2D eigenvalue weighted by Crippen LogP contribution is -2.52. The Morgan fingerprint density at radius 3 is 1.33 bits per heavy atom. The van der Waals surface area contributed by atoms with E-state index in [1.165, 1.54) is 0 Å². The minimum atomic E-state index is -5.62. The lowest BCUT2D eigenvalue weighted by atomic mass is 10.6. The summed E-state index contributed by atoms with van der Waals surface area (Å²) in [7, 11) is 0. The Bertz CT molecular complexity index is 95.6. The van der Waals surface area contributed by atoms with Crippen molar-refractivity contribution in [3.8, 4) is 0 Å². The molecule has 0 rings (SSSR count). The second-order valence-electron chi connectivity index (χ2n) is 1.22. The number of nitrogens with two attached hydrogens (primary N) is 1. The predicted molar refractivity (Wildman–Crippen MR) is 18.3 cm³/mol. The van der Waals surface area contributed by atoms with E-state index in [1.54, 1.807) is 0 Å². The molecule has 0 spiro atoms. The van der Waals surface area contributed by atoms with E-state index in [4.69, 9.17) is 0 Å². The van der Waals surface area contributed by atoms with Gasteiger partial charge in [0.1, 0.15) is 0 Å². The van der Waals surface area contributed by atoms with Crippen LogP contribution in [0.4, 0.5) is 22.0 Å². The van der Waals surface area contributed by atoms with Gasteiger partial charge in [0, 0.05) is 0 Å². The molecule has 0 amide bonds. The Morgan fingerprint density at radius 1 is 1.00 bits per heavy atom.